The number of nitrogens with zero attached hydrogens (tertiary/aromatic N) is 2. The minimum absolute atomic E-state index is 0.000125. The number of hydrogen-bond acceptors (Lipinski definition) is 6. The lowest BCUT2D eigenvalue weighted by atomic mass is 10.1. The Bertz CT molecular complexity index is 1120. The van der Waals surface area contributed by atoms with Gasteiger partial charge in [0.05, 0.1) is 4.91 Å². The summed E-state index contributed by atoms with van der Waals surface area (Å²) in [4.78, 5) is 39.8. The van der Waals surface area contributed by atoms with E-state index in [2.05, 4.69) is 5.43 Å². The molecule has 176 valence electrons. The van der Waals surface area contributed by atoms with E-state index >= 15 is 0 Å². The smallest absolute Gasteiger partial charge is 0.285 e. The fourth-order valence-corrected chi connectivity index (χ4v) is 4.81. The van der Waals surface area contributed by atoms with Gasteiger partial charge in [-0.2, -0.15) is 5.01 Å². The molecule has 4 rings (SSSR count). The van der Waals surface area contributed by atoms with Crippen molar-refractivity contribution in [2.45, 2.75) is 26.2 Å². The zero-order chi connectivity index (χ0) is 24.1. The Labute approximate surface area is 208 Å². The summed E-state index contributed by atoms with van der Waals surface area (Å²) in [6.45, 7) is 3.54. The lowest BCUT2D eigenvalue weighted by Gasteiger charge is -2.26. The number of ether oxygens (including phenoxy) is 1. The first-order valence-electron chi connectivity index (χ1n) is 11.1. The fourth-order valence-electron chi connectivity index (χ4n) is 3.63. The number of thiocarbonyl (C=S) groups is 1. The predicted octanol–water partition coefficient (Wildman–Crippen LogP) is 3.93. The van der Waals surface area contributed by atoms with Gasteiger partial charge in [0, 0.05) is 18.7 Å². The average molecular weight is 496 g/mol. The molecule has 9 heteroatoms. The van der Waals surface area contributed by atoms with Crippen molar-refractivity contribution in [3.05, 3.63) is 70.1 Å². The molecule has 34 heavy (non-hydrogen) atoms. The zero-order valence-corrected chi connectivity index (χ0v) is 20.4. The van der Waals surface area contributed by atoms with Crippen LogP contribution in [-0.2, 0) is 9.59 Å². The molecular weight excluding hydrogens is 470 g/mol. The van der Waals surface area contributed by atoms with Crippen molar-refractivity contribution in [2.24, 2.45) is 0 Å². The third-order valence-electron chi connectivity index (χ3n) is 5.57. The van der Waals surface area contributed by atoms with Crippen LogP contribution in [0.2, 0.25) is 0 Å². The summed E-state index contributed by atoms with van der Waals surface area (Å²) >= 11 is 6.41. The van der Waals surface area contributed by atoms with Gasteiger partial charge in [-0.05, 0) is 74.3 Å². The number of amides is 3. The van der Waals surface area contributed by atoms with E-state index in [9.17, 15) is 14.4 Å². The third-order valence-corrected chi connectivity index (χ3v) is 6.87. The molecule has 0 aliphatic carbocycles. The maximum atomic E-state index is 12.8. The normalized spacial score (nSPS) is 17.3. The molecular formula is C25H25N3O4S2. The van der Waals surface area contributed by atoms with E-state index in [1.807, 2.05) is 24.0 Å². The number of piperidine rings is 1. The van der Waals surface area contributed by atoms with Crippen LogP contribution in [-0.4, -0.2) is 51.6 Å². The van der Waals surface area contributed by atoms with Crippen LogP contribution in [0.5, 0.6) is 5.75 Å². The van der Waals surface area contributed by atoms with Crippen LogP contribution in [0.15, 0.2) is 53.4 Å². The molecule has 3 amide bonds. The molecule has 2 heterocycles. The summed E-state index contributed by atoms with van der Waals surface area (Å²) in [6.07, 6.45) is 4.97. The highest BCUT2D eigenvalue weighted by molar-refractivity contribution is 8.26. The Morgan fingerprint density at radius 2 is 1.74 bits per heavy atom. The predicted molar refractivity (Wildman–Crippen MR) is 136 cm³/mol. The zero-order valence-electron chi connectivity index (χ0n) is 18.8. The number of likely N-dealkylation sites (tertiary alicyclic amines) is 1. The van der Waals surface area contributed by atoms with Crippen molar-refractivity contribution in [1.29, 1.82) is 0 Å². The quantitative estimate of drug-likeness (QED) is 0.483. The van der Waals surface area contributed by atoms with Crippen LogP contribution in [0.4, 0.5) is 0 Å². The molecule has 2 aliphatic heterocycles. The lowest BCUT2D eigenvalue weighted by molar-refractivity contribution is -0.134. The molecule has 0 saturated carbocycles. The Hall–Kier alpha value is -3.17. The first kappa shape index (κ1) is 24.0. The van der Waals surface area contributed by atoms with Gasteiger partial charge in [0.25, 0.3) is 17.7 Å². The number of hydrogen-bond donors (Lipinski definition) is 1. The summed E-state index contributed by atoms with van der Waals surface area (Å²) < 4.78 is 5.89. The Balaban J connectivity index is 1.34. The number of carbonyl (C=O) groups excluding carboxylic acids is 3. The van der Waals surface area contributed by atoms with Gasteiger partial charge in [0.2, 0.25) is 0 Å². The van der Waals surface area contributed by atoms with Crippen molar-refractivity contribution in [2.75, 3.05) is 19.7 Å². The van der Waals surface area contributed by atoms with E-state index in [0.717, 1.165) is 53.8 Å². The summed E-state index contributed by atoms with van der Waals surface area (Å²) in [6, 6.07) is 14.2. The second kappa shape index (κ2) is 10.8. The summed E-state index contributed by atoms with van der Waals surface area (Å²) in [5.41, 5.74) is 4.84. The van der Waals surface area contributed by atoms with Gasteiger partial charge in [0.1, 0.15) is 5.75 Å². The van der Waals surface area contributed by atoms with Crippen molar-refractivity contribution < 1.29 is 19.1 Å². The van der Waals surface area contributed by atoms with E-state index in [4.69, 9.17) is 17.0 Å². The molecule has 0 aromatic heterocycles. The van der Waals surface area contributed by atoms with E-state index in [0.29, 0.717) is 16.2 Å². The van der Waals surface area contributed by atoms with Gasteiger partial charge in [-0.1, -0.05) is 41.6 Å². The van der Waals surface area contributed by atoms with Crippen molar-refractivity contribution in [3.63, 3.8) is 0 Å². The van der Waals surface area contributed by atoms with Gasteiger partial charge in [0.15, 0.2) is 10.9 Å². The number of aryl methyl sites for hydroxylation is 1. The molecule has 0 radical (unpaired) electrons. The number of rotatable bonds is 6. The Kier molecular flexibility index (Phi) is 7.64. The minimum Gasteiger partial charge on any atom is -0.484 e. The van der Waals surface area contributed by atoms with Gasteiger partial charge in [-0.15, -0.1) is 0 Å². The topological polar surface area (TPSA) is 79.0 Å². The highest BCUT2D eigenvalue weighted by Crippen LogP contribution is 2.31. The van der Waals surface area contributed by atoms with Crippen LogP contribution in [0, 0.1) is 6.92 Å². The van der Waals surface area contributed by atoms with Gasteiger partial charge in [-0.25, -0.2) is 0 Å². The Morgan fingerprint density at radius 1 is 1.06 bits per heavy atom. The largest absolute Gasteiger partial charge is 0.484 e. The van der Waals surface area contributed by atoms with Gasteiger partial charge < -0.3 is 9.64 Å². The SMILES string of the molecule is Cc1ccc(C(=O)NN2C(=O)/C(=C\c3ccc(OCC(=O)N4CCCCC4)cc3)SC2=S)cc1. The highest BCUT2D eigenvalue weighted by Gasteiger charge is 2.33. The average Bonchev–Trinajstić information content (AvgIpc) is 3.11. The summed E-state index contributed by atoms with van der Waals surface area (Å²) in [7, 11) is 0. The highest BCUT2D eigenvalue weighted by atomic mass is 32.2. The van der Waals surface area contributed by atoms with Crippen molar-refractivity contribution in [1.82, 2.24) is 15.3 Å². The number of hydrazine groups is 1. The maximum Gasteiger partial charge on any atom is 0.285 e. The minimum atomic E-state index is -0.404. The number of thioether (sulfide) groups is 1. The monoisotopic (exact) mass is 495 g/mol. The maximum absolute atomic E-state index is 12.8. The molecule has 0 atom stereocenters. The second-order valence-corrected chi connectivity index (χ2v) is 9.80. The Morgan fingerprint density at radius 3 is 2.41 bits per heavy atom. The molecule has 2 fully saturated rings. The molecule has 2 aromatic carbocycles. The van der Waals surface area contributed by atoms with Crippen LogP contribution < -0.4 is 10.2 Å². The lowest BCUT2D eigenvalue weighted by Crippen LogP contribution is -2.44. The van der Waals surface area contributed by atoms with Gasteiger partial charge in [-0.3, -0.25) is 19.8 Å². The van der Waals surface area contributed by atoms with Crippen LogP contribution in [0.3, 0.4) is 0 Å². The van der Waals surface area contributed by atoms with Crippen LogP contribution in [0.1, 0.15) is 40.7 Å². The van der Waals surface area contributed by atoms with Crippen molar-refractivity contribution in [3.8, 4) is 5.75 Å². The van der Waals surface area contributed by atoms with E-state index in [-0.39, 0.29) is 22.7 Å². The van der Waals surface area contributed by atoms with Crippen molar-refractivity contribution >= 4 is 52.1 Å². The standard InChI is InChI=1S/C25H25N3O4S2/c1-17-5-9-19(10-6-17)23(30)26-28-24(31)21(34-25(28)33)15-18-7-11-20(12-8-18)32-16-22(29)27-13-3-2-4-14-27/h5-12,15H,2-4,13-14,16H2,1H3,(H,26,30)/b21-15+. The first-order chi connectivity index (χ1) is 16.4. The number of nitrogens with one attached hydrogen (secondary N) is 1. The molecule has 2 aliphatic rings. The second-order valence-electron chi connectivity index (χ2n) is 8.12. The van der Waals surface area contributed by atoms with E-state index in [1.54, 1.807) is 42.5 Å². The molecule has 1 N–H and O–H groups in total. The molecule has 0 bridgehead atoms. The molecule has 0 unspecified atom stereocenters. The van der Waals surface area contributed by atoms with Crippen LogP contribution in [0.25, 0.3) is 6.08 Å². The summed E-state index contributed by atoms with van der Waals surface area (Å²) in [5, 5.41) is 1.09. The number of benzene rings is 2. The molecule has 2 saturated heterocycles. The molecule has 7 nitrogen and oxygen atoms in total. The van der Waals surface area contributed by atoms with E-state index < -0.39 is 5.91 Å². The molecule has 0 spiro atoms. The molecule has 2 aromatic rings. The number of carbonyl (C=O) groups is 3. The van der Waals surface area contributed by atoms with Crippen LogP contribution >= 0.6 is 24.0 Å². The fraction of sp³-hybridized carbons (Fsp3) is 0.280. The first-order valence-corrected chi connectivity index (χ1v) is 12.3. The third kappa shape index (κ3) is 5.84. The van der Waals surface area contributed by atoms with Gasteiger partial charge >= 0.3 is 0 Å². The summed E-state index contributed by atoms with van der Waals surface area (Å²) in [5.74, 6) is -0.207. The van der Waals surface area contributed by atoms with E-state index in [1.165, 1.54) is 6.42 Å².